The monoisotopic (exact) mass is 397 g/mol. The van der Waals surface area contributed by atoms with Crippen LogP contribution >= 0.6 is 11.3 Å². The zero-order chi connectivity index (χ0) is 20.1. The second kappa shape index (κ2) is 9.48. The van der Waals surface area contributed by atoms with Gasteiger partial charge in [-0.2, -0.15) is 0 Å². The topological polar surface area (TPSA) is 22.4 Å². The molecule has 4 nitrogen and oxygen atoms in total. The Bertz CT molecular complexity index is 954. The van der Waals surface area contributed by atoms with Crippen molar-refractivity contribution in [2.45, 2.75) is 27.7 Å². The van der Waals surface area contributed by atoms with Crippen molar-refractivity contribution in [3.05, 3.63) is 41.8 Å². The molecule has 0 saturated heterocycles. The van der Waals surface area contributed by atoms with E-state index in [0.717, 1.165) is 50.5 Å². The predicted octanol–water partition coefficient (Wildman–Crippen LogP) is 3.99. The van der Waals surface area contributed by atoms with E-state index < -0.39 is 0 Å². The molecule has 1 aromatic carbocycles. The molecule has 3 rings (SSSR count). The van der Waals surface area contributed by atoms with E-state index >= 15 is 0 Å². The Kier molecular flexibility index (Phi) is 7.03. The lowest BCUT2D eigenvalue weighted by Gasteiger charge is -2.21. The zero-order valence-electron chi connectivity index (χ0n) is 17.9. The normalized spacial score (nSPS) is 12.8. The van der Waals surface area contributed by atoms with Crippen molar-refractivity contribution in [2.24, 2.45) is 0 Å². The van der Waals surface area contributed by atoms with Crippen LogP contribution in [0, 0.1) is 0 Å². The first kappa shape index (κ1) is 20.7. The van der Waals surface area contributed by atoms with Crippen molar-refractivity contribution in [1.29, 1.82) is 0 Å². The highest BCUT2D eigenvalue weighted by atomic mass is 32.1. The van der Waals surface area contributed by atoms with Crippen LogP contribution in [0.4, 0.5) is 5.69 Å². The highest BCUT2D eigenvalue weighted by molar-refractivity contribution is 7.21. The van der Waals surface area contributed by atoms with E-state index in [0.29, 0.717) is 0 Å². The third-order valence-corrected chi connectivity index (χ3v) is 6.66. The molecule has 28 heavy (non-hydrogen) atoms. The second-order valence-electron chi connectivity index (χ2n) is 7.14. The molecule has 1 aliphatic carbocycles. The van der Waals surface area contributed by atoms with E-state index in [2.05, 4.69) is 85.5 Å². The Hall–Kier alpha value is -1.98. The Labute approximate surface area is 173 Å². The van der Waals surface area contributed by atoms with Crippen LogP contribution in [0.2, 0.25) is 0 Å². The lowest BCUT2D eigenvalue weighted by molar-refractivity contribution is 0.299. The maximum Gasteiger partial charge on any atom is 0.201 e. The SMILES string of the molecule is CCN(CC)CC[N+](C)=c1ccc2nc3ccc(N(CC)CC)cc3sc-2c1. The molecular formula is C23H33N4S+. The molecule has 1 aliphatic heterocycles. The fourth-order valence-electron chi connectivity index (χ4n) is 3.59. The van der Waals surface area contributed by atoms with Crippen LogP contribution in [-0.2, 0) is 0 Å². The van der Waals surface area contributed by atoms with Crippen LogP contribution < -0.4 is 14.8 Å². The van der Waals surface area contributed by atoms with E-state index in [1.54, 1.807) is 0 Å². The maximum atomic E-state index is 4.90. The summed E-state index contributed by atoms with van der Waals surface area (Å²) < 4.78 is 3.60. The summed E-state index contributed by atoms with van der Waals surface area (Å²) >= 11 is 1.84. The summed E-state index contributed by atoms with van der Waals surface area (Å²) in [6.45, 7) is 15.2. The first-order valence-corrected chi connectivity index (χ1v) is 11.3. The number of nitrogens with zero attached hydrogens (tertiary/aromatic N) is 4. The Balaban J connectivity index is 1.99. The van der Waals surface area contributed by atoms with Crippen molar-refractivity contribution in [2.75, 3.05) is 51.2 Å². The number of fused-ring (bicyclic) bond motifs is 2. The van der Waals surface area contributed by atoms with Crippen LogP contribution in [-0.4, -0.2) is 56.2 Å². The van der Waals surface area contributed by atoms with Gasteiger partial charge in [0.2, 0.25) is 5.36 Å². The summed E-state index contributed by atoms with van der Waals surface area (Å²) in [5.74, 6) is 0. The molecule has 0 saturated carbocycles. The standard InChI is InChI=1S/C23H33N4S/c1-6-26(7-2)15-14-25(5)18-10-12-20-22(16-18)28-23-17-19(27(8-3)9-4)11-13-21(23)24-20/h10-13,16-17H,6-9,14-15H2,1-5H3/q+1. The summed E-state index contributed by atoms with van der Waals surface area (Å²) in [6.07, 6.45) is 0. The molecule has 0 atom stereocenters. The van der Waals surface area contributed by atoms with Crippen molar-refractivity contribution >= 4 is 27.2 Å². The molecule has 0 spiro atoms. The molecule has 0 unspecified atom stereocenters. The van der Waals surface area contributed by atoms with E-state index in [4.69, 9.17) is 4.98 Å². The smallest absolute Gasteiger partial charge is 0.201 e. The minimum atomic E-state index is 1.02. The van der Waals surface area contributed by atoms with Gasteiger partial charge < -0.3 is 4.90 Å². The van der Waals surface area contributed by atoms with Gasteiger partial charge in [-0.3, -0.25) is 4.90 Å². The van der Waals surface area contributed by atoms with Gasteiger partial charge in [0.15, 0.2) is 6.54 Å². The number of hydrogen-bond donors (Lipinski definition) is 0. The summed E-state index contributed by atoms with van der Waals surface area (Å²) in [4.78, 5) is 11.0. The molecule has 2 aliphatic rings. The van der Waals surface area contributed by atoms with E-state index in [9.17, 15) is 0 Å². The number of anilines is 1. The van der Waals surface area contributed by atoms with Crippen LogP contribution in [0.25, 0.3) is 20.8 Å². The quantitative estimate of drug-likeness (QED) is 0.424. The molecule has 1 aromatic rings. The summed E-state index contributed by atoms with van der Waals surface area (Å²) in [7, 11) is 2.18. The van der Waals surface area contributed by atoms with Gasteiger partial charge in [0.25, 0.3) is 0 Å². The molecule has 5 heteroatoms. The zero-order valence-corrected chi connectivity index (χ0v) is 18.7. The summed E-state index contributed by atoms with van der Waals surface area (Å²) in [5.41, 5.74) is 3.44. The van der Waals surface area contributed by atoms with Crippen LogP contribution in [0.3, 0.4) is 0 Å². The van der Waals surface area contributed by atoms with Gasteiger partial charge in [0, 0.05) is 30.9 Å². The molecule has 0 N–H and O–H groups in total. The van der Waals surface area contributed by atoms with E-state index in [-0.39, 0.29) is 0 Å². The molecular weight excluding hydrogens is 364 g/mol. The maximum absolute atomic E-state index is 4.90. The first-order chi connectivity index (χ1) is 13.6. The fourth-order valence-corrected chi connectivity index (χ4v) is 4.62. The molecule has 0 radical (unpaired) electrons. The van der Waals surface area contributed by atoms with E-state index in [1.165, 1.54) is 20.6 Å². The highest BCUT2D eigenvalue weighted by Gasteiger charge is 2.12. The van der Waals surface area contributed by atoms with Crippen molar-refractivity contribution < 1.29 is 0 Å². The molecule has 0 aromatic heterocycles. The third-order valence-electron chi connectivity index (χ3n) is 5.56. The highest BCUT2D eigenvalue weighted by Crippen LogP contribution is 2.31. The molecule has 0 fully saturated rings. The summed E-state index contributed by atoms with van der Waals surface area (Å²) in [5, 5.41) is 1.26. The van der Waals surface area contributed by atoms with Crippen LogP contribution in [0.1, 0.15) is 27.7 Å². The predicted molar refractivity (Wildman–Crippen MR) is 124 cm³/mol. The van der Waals surface area contributed by atoms with Crippen molar-refractivity contribution in [1.82, 2.24) is 14.5 Å². The Morgan fingerprint density at radius 1 is 0.929 bits per heavy atom. The van der Waals surface area contributed by atoms with Gasteiger partial charge in [-0.25, -0.2) is 9.56 Å². The average Bonchev–Trinajstić information content (AvgIpc) is 2.73. The van der Waals surface area contributed by atoms with Gasteiger partial charge in [-0.05, 0) is 51.2 Å². The minimum absolute atomic E-state index is 1.02. The number of benzene rings is 2. The molecule has 0 amide bonds. The van der Waals surface area contributed by atoms with Crippen LogP contribution in [0.5, 0.6) is 0 Å². The minimum Gasteiger partial charge on any atom is -0.372 e. The number of likely N-dealkylation sites (N-methyl/N-ethyl adjacent to an activating group) is 2. The number of rotatable bonds is 8. The first-order valence-electron chi connectivity index (χ1n) is 10.5. The summed E-state index contributed by atoms with van der Waals surface area (Å²) in [6, 6.07) is 13.3. The Morgan fingerprint density at radius 3 is 2.36 bits per heavy atom. The van der Waals surface area contributed by atoms with E-state index in [1.807, 2.05) is 11.3 Å². The number of aromatic nitrogens is 1. The molecule has 1 heterocycles. The number of hydrogen-bond acceptors (Lipinski definition) is 4. The second-order valence-corrected chi connectivity index (χ2v) is 8.22. The van der Waals surface area contributed by atoms with Gasteiger partial charge >= 0.3 is 0 Å². The lowest BCUT2D eigenvalue weighted by atomic mass is 10.2. The largest absolute Gasteiger partial charge is 0.372 e. The van der Waals surface area contributed by atoms with Crippen molar-refractivity contribution in [3.8, 4) is 10.6 Å². The average molecular weight is 398 g/mol. The third kappa shape index (κ3) is 4.53. The lowest BCUT2D eigenvalue weighted by Crippen LogP contribution is -2.35. The molecule has 0 bridgehead atoms. The van der Waals surface area contributed by atoms with Gasteiger partial charge in [-0.1, -0.05) is 13.8 Å². The van der Waals surface area contributed by atoms with Gasteiger partial charge in [0.1, 0.15) is 7.05 Å². The van der Waals surface area contributed by atoms with Crippen molar-refractivity contribution in [3.63, 3.8) is 0 Å². The Morgan fingerprint density at radius 2 is 1.68 bits per heavy atom. The van der Waals surface area contributed by atoms with Crippen LogP contribution in [0.15, 0.2) is 36.4 Å². The molecule has 150 valence electrons. The van der Waals surface area contributed by atoms with Gasteiger partial charge in [-0.15, -0.1) is 11.3 Å². The fraction of sp³-hybridized carbons (Fsp3) is 0.478. The van der Waals surface area contributed by atoms with Gasteiger partial charge in [0.05, 0.1) is 27.3 Å².